The molecular weight excluding hydrogens is 246 g/mol. The van der Waals surface area contributed by atoms with Gasteiger partial charge in [-0.2, -0.15) is 0 Å². The second kappa shape index (κ2) is 7.11. The maximum absolute atomic E-state index is 9.79. The molecule has 0 amide bonds. The average molecular weight is 269 g/mol. The summed E-state index contributed by atoms with van der Waals surface area (Å²) in [7, 11) is 0. The molecule has 0 fully saturated rings. The van der Waals surface area contributed by atoms with E-state index in [1.807, 2.05) is 30.3 Å². The van der Waals surface area contributed by atoms with Crippen molar-refractivity contribution in [2.75, 3.05) is 5.32 Å². The standard InChI is InChI=1S/C18H23NO/c1-14(12-13-16-8-4-3-5-9-16)19-18-11-7-6-10-17(18)15(2)20/h3-11,14-15,19-20H,12-13H2,1-2H3. The van der Waals surface area contributed by atoms with Gasteiger partial charge in [0, 0.05) is 17.3 Å². The van der Waals surface area contributed by atoms with Crippen LogP contribution in [0.15, 0.2) is 54.6 Å². The zero-order chi connectivity index (χ0) is 14.4. The number of aliphatic hydroxyl groups excluding tert-OH is 1. The molecule has 2 unspecified atom stereocenters. The van der Waals surface area contributed by atoms with Crippen molar-refractivity contribution in [1.82, 2.24) is 0 Å². The van der Waals surface area contributed by atoms with E-state index in [0.29, 0.717) is 6.04 Å². The smallest absolute Gasteiger partial charge is 0.0781 e. The van der Waals surface area contributed by atoms with Gasteiger partial charge in [0.15, 0.2) is 0 Å². The van der Waals surface area contributed by atoms with E-state index in [-0.39, 0.29) is 0 Å². The van der Waals surface area contributed by atoms with Crippen molar-refractivity contribution < 1.29 is 5.11 Å². The minimum atomic E-state index is -0.444. The van der Waals surface area contributed by atoms with Crippen LogP contribution in [0.3, 0.4) is 0 Å². The Kier molecular flexibility index (Phi) is 5.19. The number of benzene rings is 2. The summed E-state index contributed by atoms with van der Waals surface area (Å²) < 4.78 is 0. The number of hydrogen-bond acceptors (Lipinski definition) is 2. The van der Waals surface area contributed by atoms with Gasteiger partial charge in [-0.1, -0.05) is 48.5 Å². The Hall–Kier alpha value is -1.80. The van der Waals surface area contributed by atoms with E-state index in [1.165, 1.54) is 5.56 Å². The Morgan fingerprint density at radius 2 is 1.60 bits per heavy atom. The minimum Gasteiger partial charge on any atom is -0.389 e. The summed E-state index contributed by atoms with van der Waals surface area (Å²) in [6.07, 6.45) is 1.68. The van der Waals surface area contributed by atoms with Crippen LogP contribution in [0.1, 0.15) is 37.5 Å². The fourth-order valence-electron chi connectivity index (χ4n) is 2.36. The Morgan fingerprint density at radius 3 is 2.30 bits per heavy atom. The molecule has 2 aromatic carbocycles. The quantitative estimate of drug-likeness (QED) is 0.824. The van der Waals surface area contributed by atoms with E-state index in [2.05, 4.69) is 36.5 Å². The first kappa shape index (κ1) is 14.6. The molecule has 2 aromatic rings. The van der Waals surface area contributed by atoms with Crippen molar-refractivity contribution in [2.24, 2.45) is 0 Å². The van der Waals surface area contributed by atoms with Crippen LogP contribution in [0.4, 0.5) is 5.69 Å². The molecule has 2 heteroatoms. The van der Waals surface area contributed by atoms with Gasteiger partial charge in [-0.3, -0.25) is 0 Å². The Labute approximate surface area is 121 Å². The molecule has 0 aliphatic heterocycles. The second-order valence-electron chi connectivity index (χ2n) is 5.33. The van der Waals surface area contributed by atoms with Crippen LogP contribution in [0, 0.1) is 0 Å². The molecule has 2 N–H and O–H groups in total. The molecule has 0 bridgehead atoms. The first-order chi connectivity index (χ1) is 9.66. The normalized spacial score (nSPS) is 13.8. The van der Waals surface area contributed by atoms with Crippen molar-refractivity contribution in [1.29, 1.82) is 0 Å². The summed E-state index contributed by atoms with van der Waals surface area (Å²) in [6.45, 7) is 3.98. The van der Waals surface area contributed by atoms with Crippen LogP contribution in [0.5, 0.6) is 0 Å². The maximum Gasteiger partial charge on any atom is 0.0781 e. The average Bonchev–Trinajstić information content (AvgIpc) is 2.46. The van der Waals surface area contributed by atoms with Gasteiger partial charge >= 0.3 is 0 Å². The number of para-hydroxylation sites is 1. The lowest BCUT2D eigenvalue weighted by molar-refractivity contribution is 0.200. The first-order valence-corrected chi connectivity index (χ1v) is 7.24. The van der Waals surface area contributed by atoms with Crippen LogP contribution < -0.4 is 5.32 Å². The van der Waals surface area contributed by atoms with Crippen molar-refractivity contribution >= 4 is 5.69 Å². The summed E-state index contributed by atoms with van der Waals surface area (Å²) in [5, 5.41) is 13.3. The molecule has 106 valence electrons. The van der Waals surface area contributed by atoms with Crippen LogP contribution in [-0.2, 0) is 6.42 Å². The minimum absolute atomic E-state index is 0.370. The fourth-order valence-corrected chi connectivity index (χ4v) is 2.36. The summed E-state index contributed by atoms with van der Waals surface area (Å²) in [4.78, 5) is 0. The first-order valence-electron chi connectivity index (χ1n) is 7.24. The molecule has 2 atom stereocenters. The zero-order valence-corrected chi connectivity index (χ0v) is 12.2. The number of aryl methyl sites for hydroxylation is 1. The van der Waals surface area contributed by atoms with Crippen molar-refractivity contribution in [3.63, 3.8) is 0 Å². The van der Waals surface area contributed by atoms with Gasteiger partial charge in [0.25, 0.3) is 0 Å². The number of nitrogens with one attached hydrogen (secondary N) is 1. The summed E-state index contributed by atoms with van der Waals surface area (Å²) in [5.74, 6) is 0. The lowest BCUT2D eigenvalue weighted by Crippen LogP contribution is -2.17. The molecule has 0 saturated carbocycles. The Morgan fingerprint density at radius 1 is 0.950 bits per heavy atom. The third-order valence-electron chi connectivity index (χ3n) is 3.52. The zero-order valence-electron chi connectivity index (χ0n) is 12.2. The highest BCUT2D eigenvalue weighted by atomic mass is 16.3. The van der Waals surface area contributed by atoms with Gasteiger partial charge < -0.3 is 10.4 Å². The summed E-state index contributed by atoms with van der Waals surface area (Å²) in [5.41, 5.74) is 3.35. The number of aliphatic hydroxyl groups is 1. The van der Waals surface area contributed by atoms with E-state index in [1.54, 1.807) is 6.92 Å². The van der Waals surface area contributed by atoms with Crippen molar-refractivity contribution in [3.05, 3.63) is 65.7 Å². The SMILES string of the molecule is CC(CCc1ccccc1)Nc1ccccc1C(C)O. The molecule has 0 spiro atoms. The molecule has 2 rings (SSSR count). The molecule has 0 aliphatic carbocycles. The highest BCUT2D eigenvalue weighted by Gasteiger charge is 2.09. The van der Waals surface area contributed by atoms with E-state index >= 15 is 0 Å². The molecule has 0 saturated heterocycles. The fraction of sp³-hybridized carbons (Fsp3) is 0.333. The molecule has 0 aromatic heterocycles. The van der Waals surface area contributed by atoms with Gasteiger partial charge in [0.1, 0.15) is 0 Å². The predicted octanol–water partition coefficient (Wildman–Crippen LogP) is 4.17. The Balaban J connectivity index is 1.93. The lowest BCUT2D eigenvalue weighted by atomic mass is 10.0. The van der Waals surface area contributed by atoms with E-state index < -0.39 is 6.10 Å². The summed E-state index contributed by atoms with van der Waals surface area (Å²) in [6, 6.07) is 18.9. The lowest BCUT2D eigenvalue weighted by Gasteiger charge is -2.19. The van der Waals surface area contributed by atoms with Crippen LogP contribution in [0.2, 0.25) is 0 Å². The number of anilines is 1. The highest BCUT2D eigenvalue weighted by molar-refractivity contribution is 5.52. The van der Waals surface area contributed by atoms with Crippen LogP contribution >= 0.6 is 0 Å². The molecule has 20 heavy (non-hydrogen) atoms. The Bertz CT molecular complexity index is 522. The van der Waals surface area contributed by atoms with E-state index in [4.69, 9.17) is 0 Å². The topological polar surface area (TPSA) is 32.3 Å². The van der Waals surface area contributed by atoms with Gasteiger partial charge in [-0.15, -0.1) is 0 Å². The van der Waals surface area contributed by atoms with Gasteiger partial charge in [0.05, 0.1) is 6.10 Å². The second-order valence-corrected chi connectivity index (χ2v) is 5.33. The van der Waals surface area contributed by atoms with Gasteiger partial charge in [-0.25, -0.2) is 0 Å². The summed E-state index contributed by atoms with van der Waals surface area (Å²) >= 11 is 0. The maximum atomic E-state index is 9.79. The predicted molar refractivity (Wildman–Crippen MR) is 84.9 cm³/mol. The molecule has 2 nitrogen and oxygen atoms in total. The van der Waals surface area contributed by atoms with Crippen LogP contribution in [-0.4, -0.2) is 11.1 Å². The largest absolute Gasteiger partial charge is 0.389 e. The van der Waals surface area contributed by atoms with Gasteiger partial charge in [0.2, 0.25) is 0 Å². The van der Waals surface area contributed by atoms with Crippen LogP contribution in [0.25, 0.3) is 0 Å². The van der Waals surface area contributed by atoms with Crippen molar-refractivity contribution in [3.8, 4) is 0 Å². The molecule has 0 heterocycles. The monoisotopic (exact) mass is 269 g/mol. The van der Waals surface area contributed by atoms with Crippen molar-refractivity contribution in [2.45, 2.75) is 38.8 Å². The number of rotatable bonds is 6. The third-order valence-corrected chi connectivity index (χ3v) is 3.52. The van der Waals surface area contributed by atoms with E-state index in [0.717, 1.165) is 24.1 Å². The third kappa shape index (κ3) is 4.10. The van der Waals surface area contributed by atoms with E-state index in [9.17, 15) is 5.11 Å². The number of hydrogen-bond donors (Lipinski definition) is 2. The van der Waals surface area contributed by atoms with Gasteiger partial charge in [-0.05, 0) is 38.3 Å². The highest BCUT2D eigenvalue weighted by Crippen LogP contribution is 2.23. The molecule has 0 aliphatic rings. The molecular formula is C18H23NO. The molecule has 0 radical (unpaired) electrons.